The molecule has 1 saturated heterocycles. The summed E-state index contributed by atoms with van der Waals surface area (Å²) in [5.74, 6) is -2.29. The van der Waals surface area contributed by atoms with Gasteiger partial charge in [-0.2, -0.15) is 18.3 Å². The Kier molecular flexibility index (Phi) is 8.15. The first-order valence-electron chi connectivity index (χ1n) is 13.6. The van der Waals surface area contributed by atoms with Crippen molar-refractivity contribution in [1.29, 1.82) is 0 Å². The number of benzene rings is 1. The molecule has 8 nitrogen and oxygen atoms in total. The van der Waals surface area contributed by atoms with E-state index >= 15 is 0 Å². The number of carbonyl (C=O) groups excluding carboxylic acids is 2. The Morgan fingerprint density at radius 1 is 1.08 bits per heavy atom. The summed E-state index contributed by atoms with van der Waals surface area (Å²) in [6.07, 6.45) is 4.61. The Morgan fingerprint density at radius 3 is 2.59 bits per heavy atom. The number of nitrogens with zero attached hydrogens (tertiary/aromatic N) is 3. The minimum absolute atomic E-state index is 0.0318. The number of amides is 2. The number of rotatable bonds is 7. The average Bonchev–Trinajstić information content (AvgIpc) is 3.38. The molecule has 2 amide bonds. The summed E-state index contributed by atoms with van der Waals surface area (Å²) in [5, 5.41) is 12.9. The van der Waals surface area contributed by atoms with E-state index in [4.69, 9.17) is 4.98 Å². The molecule has 3 heterocycles. The smallest absolute Gasteiger partial charge is 0.351 e. The molecule has 208 valence electrons. The van der Waals surface area contributed by atoms with Crippen LogP contribution in [0.15, 0.2) is 48.8 Å². The van der Waals surface area contributed by atoms with Crippen molar-refractivity contribution in [3.8, 4) is 0 Å². The zero-order chi connectivity index (χ0) is 27.4. The number of aromatic nitrogens is 3. The fraction of sp³-hybridized carbons (Fsp3) is 0.500. The SMILES string of the molecule is O=C(N[C@H](c1cn2ncc(CNC(=O)C3NCCCC3C(F)(F)F)cc2n1)C1CCCCC1)c1ccccc1. The first kappa shape index (κ1) is 27.1. The van der Waals surface area contributed by atoms with E-state index in [-0.39, 0.29) is 30.8 Å². The Hall–Kier alpha value is -3.47. The lowest BCUT2D eigenvalue weighted by atomic mass is 9.82. The number of fused-ring (bicyclic) bond motifs is 1. The van der Waals surface area contributed by atoms with Gasteiger partial charge in [-0.3, -0.25) is 9.59 Å². The van der Waals surface area contributed by atoms with Gasteiger partial charge in [0.15, 0.2) is 5.65 Å². The Bertz CT molecular complexity index is 1290. The van der Waals surface area contributed by atoms with Gasteiger partial charge in [0.2, 0.25) is 5.91 Å². The van der Waals surface area contributed by atoms with Crippen LogP contribution in [0.1, 0.15) is 72.6 Å². The summed E-state index contributed by atoms with van der Waals surface area (Å²) >= 11 is 0. The van der Waals surface area contributed by atoms with Crippen LogP contribution in [0.2, 0.25) is 0 Å². The van der Waals surface area contributed by atoms with Crippen LogP contribution in [0.25, 0.3) is 5.65 Å². The van der Waals surface area contributed by atoms with Gasteiger partial charge in [0, 0.05) is 12.1 Å². The summed E-state index contributed by atoms with van der Waals surface area (Å²) in [4.78, 5) is 30.4. The minimum Gasteiger partial charge on any atom is -0.351 e. The highest BCUT2D eigenvalue weighted by atomic mass is 19.4. The van der Waals surface area contributed by atoms with Crippen LogP contribution in [-0.2, 0) is 11.3 Å². The van der Waals surface area contributed by atoms with Gasteiger partial charge in [0.05, 0.1) is 36.1 Å². The molecule has 0 bridgehead atoms. The second-order valence-electron chi connectivity index (χ2n) is 10.5. The standard InChI is InChI=1S/C28H33F3N6O2/c29-28(30,31)21-12-7-13-32-25(21)27(39)33-15-18-14-23-35-22(17-37(23)34-16-18)24(19-8-3-1-4-9-19)36-26(38)20-10-5-2-6-11-20/h2,5-6,10-11,14,16-17,19,21,24-25,32H,1,3-4,7-9,12-13,15H2,(H,33,39)(H,36,38)/t21?,24-,25?/m0/s1. The fourth-order valence-electron chi connectivity index (χ4n) is 5.71. The largest absolute Gasteiger partial charge is 0.393 e. The maximum atomic E-state index is 13.4. The van der Waals surface area contributed by atoms with Crippen LogP contribution in [0, 0.1) is 11.8 Å². The number of halogens is 3. The number of piperidine rings is 1. The van der Waals surface area contributed by atoms with E-state index in [1.54, 1.807) is 28.9 Å². The van der Waals surface area contributed by atoms with Crippen LogP contribution in [0.3, 0.4) is 0 Å². The Morgan fingerprint density at radius 2 is 1.85 bits per heavy atom. The molecule has 1 aromatic carbocycles. The molecule has 0 spiro atoms. The molecule has 1 aliphatic heterocycles. The van der Waals surface area contributed by atoms with E-state index in [1.807, 2.05) is 24.4 Å². The van der Waals surface area contributed by atoms with Gasteiger partial charge >= 0.3 is 6.18 Å². The van der Waals surface area contributed by atoms with Gasteiger partial charge in [0.25, 0.3) is 5.91 Å². The first-order valence-corrected chi connectivity index (χ1v) is 13.6. The van der Waals surface area contributed by atoms with Crippen LogP contribution in [-0.4, -0.2) is 45.2 Å². The van der Waals surface area contributed by atoms with Crippen LogP contribution < -0.4 is 16.0 Å². The molecule has 1 aliphatic carbocycles. The molecule has 5 rings (SSSR count). The van der Waals surface area contributed by atoms with E-state index < -0.39 is 24.0 Å². The Balaban J connectivity index is 1.31. The summed E-state index contributed by atoms with van der Waals surface area (Å²) in [6, 6.07) is 9.24. The van der Waals surface area contributed by atoms with Crippen molar-refractivity contribution in [3.05, 3.63) is 65.6 Å². The maximum Gasteiger partial charge on any atom is 0.393 e. The van der Waals surface area contributed by atoms with Crippen molar-refractivity contribution in [1.82, 2.24) is 30.5 Å². The molecule has 2 aromatic heterocycles. The molecule has 2 fully saturated rings. The Labute approximate surface area is 224 Å². The molecular formula is C28H33F3N6O2. The predicted octanol–water partition coefficient (Wildman–Crippen LogP) is 4.33. The number of hydrogen-bond acceptors (Lipinski definition) is 5. The third-order valence-corrected chi connectivity index (χ3v) is 7.79. The third kappa shape index (κ3) is 6.41. The van der Waals surface area contributed by atoms with Gasteiger partial charge < -0.3 is 16.0 Å². The lowest BCUT2D eigenvalue weighted by molar-refractivity contribution is -0.190. The van der Waals surface area contributed by atoms with Gasteiger partial charge in [-0.1, -0.05) is 37.5 Å². The van der Waals surface area contributed by atoms with Crippen molar-refractivity contribution in [2.45, 2.75) is 69.8 Å². The quantitative estimate of drug-likeness (QED) is 0.413. The lowest BCUT2D eigenvalue weighted by Crippen LogP contribution is -2.55. The van der Waals surface area contributed by atoms with E-state index in [2.05, 4.69) is 21.0 Å². The second-order valence-corrected chi connectivity index (χ2v) is 10.5. The van der Waals surface area contributed by atoms with Crippen molar-refractivity contribution < 1.29 is 22.8 Å². The number of carbonyl (C=O) groups is 2. The molecule has 39 heavy (non-hydrogen) atoms. The molecule has 0 radical (unpaired) electrons. The summed E-state index contributed by atoms with van der Waals surface area (Å²) < 4.78 is 41.8. The van der Waals surface area contributed by atoms with Gasteiger partial charge in [0.1, 0.15) is 0 Å². The van der Waals surface area contributed by atoms with Crippen molar-refractivity contribution >= 4 is 17.5 Å². The molecular weight excluding hydrogens is 509 g/mol. The summed E-state index contributed by atoms with van der Waals surface area (Å²) in [6.45, 7) is 0.405. The lowest BCUT2D eigenvalue weighted by Gasteiger charge is -2.32. The molecule has 3 atom stereocenters. The highest BCUT2D eigenvalue weighted by molar-refractivity contribution is 5.94. The molecule has 1 saturated carbocycles. The van der Waals surface area contributed by atoms with E-state index in [9.17, 15) is 22.8 Å². The molecule has 11 heteroatoms. The van der Waals surface area contributed by atoms with Gasteiger partial charge in [-0.15, -0.1) is 0 Å². The van der Waals surface area contributed by atoms with Crippen molar-refractivity contribution in [2.24, 2.45) is 11.8 Å². The van der Waals surface area contributed by atoms with Gasteiger partial charge in [-0.05, 0) is 61.9 Å². The van der Waals surface area contributed by atoms with Crippen LogP contribution in [0.4, 0.5) is 13.2 Å². The first-order chi connectivity index (χ1) is 18.8. The topological polar surface area (TPSA) is 100 Å². The maximum absolute atomic E-state index is 13.4. The summed E-state index contributed by atoms with van der Waals surface area (Å²) in [5.41, 5.74) is 2.45. The zero-order valence-electron chi connectivity index (χ0n) is 21.6. The average molecular weight is 543 g/mol. The monoisotopic (exact) mass is 542 g/mol. The predicted molar refractivity (Wildman–Crippen MR) is 139 cm³/mol. The zero-order valence-corrected chi connectivity index (χ0v) is 21.6. The van der Waals surface area contributed by atoms with E-state index in [1.165, 1.54) is 6.42 Å². The normalized spacial score (nSPS) is 21.4. The minimum atomic E-state index is -4.44. The molecule has 2 unspecified atom stereocenters. The highest BCUT2D eigenvalue weighted by Crippen LogP contribution is 2.35. The fourth-order valence-corrected chi connectivity index (χ4v) is 5.71. The summed E-state index contributed by atoms with van der Waals surface area (Å²) in [7, 11) is 0. The number of imidazole rings is 1. The molecule has 2 aliphatic rings. The molecule has 3 N–H and O–H groups in total. The van der Waals surface area contributed by atoms with Crippen molar-refractivity contribution in [2.75, 3.05) is 6.54 Å². The van der Waals surface area contributed by atoms with Crippen LogP contribution in [0.5, 0.6) is 0 Å². The number of nitrogens with one attached hydrogen (secondary N) is 3. The second kappa shape index (κ2) is 11.7. The van der Waals surface area contributed by atoms with Gasteiger partial charge in [-0.25, -0.2) is 9.50 Å². The third-order valence-electron chi connectivity index (χ3n) is 7.79. The number of alkyl halides is 3. The highest BCUT2D eigenvalue weighted by Gasteiger charge is 2.48. The van der Waals surface area contributed by atoms with Crippen molar-refractivity contribution in [3.63, 3.8) is 0 Å². The van der Waals surface area contributed by atoms with E-state index in [0.717, 1.165) is 25.7 Å². The number of hydrogen-bond donors (Lipinski definition) is 3. The van der Waals surface area contributed by atoms with Crippen LogP contribution >= 0.6 is 0 Å². The van der Waals surface area contributed by atoms with E-state index in [0.29, 0.717) is 35.4 Å². The molecule has 3 aromatic rings.